The van der Waals surface area contributed by atoms with Crippen molar-refractivity contribution in [2.75, 3.05) is 0 Å². The Bertz CT molecular complexity index is 1040. The molecule has 0 unspecified atom stereocenters. The highest BCUT2D eigenvalue weighted by atomic mass is 19.4. The highest BCUT2D eigenvalue weighted by molar-refractivity contribution is 5.77. The molecule has 0 fully saturated rings. The largest absolute Gasteiger partial charge is 0.480 e. The number of aliphatic hydroxyl groups is 1. The molecule has 3 rings (SSSR count). The third kappa shape index (κ3) is 2.90. The lowest BCUT2D eigenvalue weighted by molar-refractivity contribution is -0.140. The normalized spacial score (nSPS) is 13.3. The molecule has 0 aliphatic rings. The molecule has 0 bridgehead atoms. The third-order valence-corrected chi connectivity index (χ3v) is 3.92. The van der Waals surface area contributed by atoms with Crippen LogP contribution in [0.2, 0.25) is 0 Å². The second-order valence-electron chi connectivity index (χ2n) is 5.55. The molecule has 11 heteroatoms. The maximum atomic E-state index is 13.8. The van der Waals surface area contributed by atoms with Crippen molar-refractivity contribution in [1.29, 1.82) is 0 Å². The van der Waals surface area contributed by atoms with Gasteiger partial charge >= 0.3 is 6.18 Å². The summed E-state index contributed by atoms with van der Waals surface area (Å²) in [6.07, 6.45) is -4.82. The summed E-state index contributed by atoms with van der Waals surface area (Å²) in [4.78, 5) is 17.8. The predicted molar refractivity (Wildman–Crippen MR) is 81.0 cm³/mol. The van der Waals surface area contributed by atoms with E-state index in [-0.39, 0.29) is 22.3 Å². The van der Waals surface area contributed by atoms with Gasteiger partial charge in [-0.25, -0.2) is 9.07 Å². The van der Waals surface area contributed by atoms with E-state index in [1.54, 1.807) is 0 Å². The van der Waals surface area contributed by atoms with E-state index >= 15 is 0 Å². The average molecular weight is 372 g/mol. The van der Waals surface area contributed by atoms with Crippen LogP contribution < -0.4 is 5.56 Å². The first kappa shape index (κ1) is 17.9. The van der Waals surface area contributed by atoms with Gasteiger partial charge in [0.15, 0.2) is 5.65 Å². The molecule has 0 radical (unpaired) electrons. The van der Waals surface area contributed by atoms with Crippen molar-refractivity contribution < 1.29 is 27.8 Å². The number of benzene rings is 1. The Morgan fingerprint density at radius 2 is 2.04 bits per heavy atom. The Labute approximate surface area is 142 Å². The second-order valence-corrected chi connectivity index (χ2v) is 5.55. The number of hydrogen-bond acceptors (Lipinski definition) is 5. The minimum absolute atomic E-state index is 0.0343. The van der Waals surface area contributed by atoms with Gasteiger partial charge in [-0.2, -0.15) is 23.3 Å². The molecule has 0 saturated carbocycles. The zero-order chi connectivity index (χ0) is 19.2. The van der Waals surface area contributed by atoms with Crippen LogP contribution in [0.3, 0.4) is 0 Å². The molecule has 2 aromatic heterocycles. The van der Waals surface area contributed by atoms with E-state index in [1.165, 1.54) is 6.92 Å². The standard InChI is InChI=1S/C15H12F4N4O3/c1-6(7-2-3-8(9(16)4-7)15(17,18)19)23-12-11(10(5-24)22-23)13(25)21-14(26)20-12/h2-4,6,24H,5H2,1H3,(H2,20,21,25,26)/t6-/m1/s1. The number of aliphatic hydroxyl groups excluding tert-OH is 1. The Morgan fingerprint density at radius 1 is 1.35 bits per heavy atom. The van der Waals surface area contributed by atoms with Crippen molar-refractivity contribution in [3.8, 4) is 6.01 Å². The van der Waals surface area contributed by atoms with E-state index in [9.17, 15) is 32.6 Å². The molecular weight excluding hydrogens is 360 g/mol. The molecule has 0 aliphatic heterocycles. The van der Waals surface area contributed by atoms with Crippen molar-refractivity contribution >= 4 is 11.0 Å². The van der Waals surface area contributed by atoms with Gasteiger partial charge in [-0.15, -0.1) is 0 Å². The summed E-state index contributed by atoms with van der Waals surface area (Å²) in [5, 5.41) is 22.8. The molecule has 0 saturated heterocycles. The maximum Gasteiger partial charge on any atom is 0.419 e. The number of aromatic amines is 1. The summed E-state index contributed by atoms with van der Waals surface area (Å²) < 4.78 is 53.0. The first-order valence-corrected chi connectivity index (χ1v) is 7.31. The number of nitrogens with zero attached hydrogens (tertiary/aromatic N) is 3. The number of nitrogens with one attached hydrogen (secondary N) is 1. The minimum atomic E-state index is -4.82. The van der Waals surface area contributed by atoms with Crippen LogP contribution in [-0.4, -0.2) is 30.0 Å². The summed E-state index contributed by atoms with van der Waals surface area (Å²) in [6, 6.07) is 0.877. The van der Waals surface area contributed by atoms with Gasteiger partial charge in [-0.1, -0.05) is 6.07 Å². The Kier molecular flexibility index (Phi) is 4.18. The van der Waals surface area contributed by atoms with Crippen molar-refractivity contribution in [1.82, 2.24) is 19.7 Å². The fraction of sp³-hybridized carbons (Fsp3) is 0.267. The van der Waals surface area contributed by atoms with Gasteiger partial charge in [0.05, 0.1) is 18.2 Å². The lowest BCUT2D eigenvalue weighted by atomic mass is 10.1. The van der Waals surface area contributed by atoms with Crippen LogP contribution in [0.1, 0.15) is 29.8 Å². The zero-order valence-electron chi connectivity index (χ0n) is 13.2. The van der Waals surface area contributed by atoms with Crippen LogP contribution in [0.5, 0.6) is 6.01 Å². The molecule has 7 nitrogen and oxygen atoms in total. The summed E-state index contributed by atoms with van der Waals surface area (Å²) in [6.45, 7) is 0.892. The molecular formula is C15H12F4N4O3. The van der Waals surface area contributed by atoms with Crippen LogP contribution in [0.25, 0.3) is 11.0 Å². The van der Waals surface area contributed by atoms with Crippen LogP contribution in [0, 0.1) is 5.82 Å². The SMILES string of the molecule is C[C@H](c1ccc(C(F)(F)F)c(F)c1)n1nc(CO)c2c(=O)[nH]c(O)nc21. The topological polar surface area (TPSA) is 104 Å². The number of aromatic hydroxyl groups is 1. The van der Waals surface area contributed by atoms with Crippen molar-refractivity contribution in [3.63, 3.8) is 0 Å². The van der Waals surface area contributed by atoms with Gasteiger partial charge in [0.25, 0.3) is 11.6 Å². The fourth-order valence-electron chi connectivity index (χ4n) is 2.65. The van der Waals surface area contributed by atoms with Gasteiger partial charge in [0, 0.05) is 0 Å². The van der Waals surface area contributed by atoms with Crippen molar-refractivity contribution in [3.05, 3.63) is 51.2 Å². The van der Waals surface area contributed by atoms with Crippen LogP contribution in [0.4, 0.5) is 17.6 Å². The first-order chi connectivity index (χ1) is 12.1. The monoisotopic (exact) mass is 372 g/mol. The zero-order valence-corrected chi connectivity index (χ0v) is 13.2. The molecule has 26 heavy (non-hydrogen) atoms. The molecule has 1 aromatic carbocycles. The van der Waals surface area contributed by atoms with Crippen molar-refractivity contribution in [2.24, 2.45) is 0 Å². The predicted octanol–water partition coefficient (Wildman–Crippen LogP) is 2.08. The van der Waals surface area contributed by atoms with Crippen LogP contribution >= 0.6 is 0 Å². The van der Waals surface area contributed by atoms with Gasteiger partial charge in [-0.05, 0) is 24.6 Å². The van der Waals surface area contributed by atoms with E-state index in [4.69, 9.17) is 0 Å². The lowest BCUT2D eigenvalue weighted by Gasteiger charge is -2.15. The van der Waals surface area contributed by atoms with Crippen LogP contribution in [-0.2, 0) is 12.8 Å². The van der Waals surface area contributed by atoms with Crippen molar-refractivity contribution in [2.45, 2.75) is 25.7 Å². The quantitative estimate of drug-likeness (QED) is 0.611. The molecule has 1 atom stereocenters. The minimum Gasteiger partial charge on any atom is -0.480 e. The number of alkyl halides is 3. The van der Waals surface area contributed by atoms with Crippen LogP contribution in [0.15, 0.2) is 23.0 Å². The molecule has 3 N–H and O–H groups in total. The number of rotatable bonds is 3. The summed E-state index contributed by atoms with van der Waals surface area (Å²) in [7, 11) is 0. The summed E-state index contributed by atoms with van der Waals surface area (Å²) >= 11 is 0. The highest BCUT2D eigenvalue weighted by Gasteiger charge is 2.34. The van der Waals surface area contributed by atoms with E-state index in [1.807, 2.05) is 0 Å². The van der Waals surface area contributed by atoms with E-state index in [0.717, 1.165) is 10.7 Å². The maximum absolute atomic E-state index is 13.8. The Balaban J connectivity index is 2.15. The molecule has 0 aliphatic carbocycles. The van der Waals surface area contributed by atoms with Gasteiger partial charge < -0.3 is 10.2 Å². The number of fused-ring (bicyclic) bond motifs is 1. The highest BCUT2D eigenvalue weighted by Crippen LogP contribution is 2.33. The van der Waals surface area contributed by atoms with E-state index < -0.39 is 41.8 Å². The molecule has 2 heterocycles. The molecule has 3 aromatic rings. The number of H-pyrrole nitrogens is 1. The van der Waals surface area contributed by atoms with Gasteiger partial charge in [0.2, 0.25) is 0 Å². The molecule has 138 valence electrons. The number of halogens is 4. The van der Waals surface area contributed by atoms with E-state index in [2.05, 4.69) is 15.1 Å². The lowest BCUT2D eigenvalue weighted by Crippen LogP contribution is -2.13. The average Bonchev–Trinajstić information content (AvgIpc) is 2.91. The molecule has 0 amide bonds. The fourth-order valence-corrected chi connectivity index (χ4v) is 2.65. The smallest absolute Gasteiger partial charge is 0.419 e. The Hall–Kier alpha value is -2.95. The number of aromatic nitrogens is 4. The summed E-state index contributed by atoms with van der Waals surface area (Å²) in [5.74, 6) is -1.45. The molecule has 0 spiro atoms. The second kappa shape index (κ2) is 6.09. The third-order valence-electron chi connectivity index (χ3n) is 3.92. The van der Waals surface area contributed by atoms with E-state index in [0.29, 0.717) is 12.1 Å². The first-order valence-electron chi connectivity index (χ1n) is 7.31. The summed E-state index contributed by atoms with van der Waals surface area (Å²) in [5.41, 5.74) is -2.14. The Morgan fingerprint density at radius 3 is 2.62 bits per heavy atom. The number of hydrogen-bond donors (Lipinski definition) is 3. The van der Waals surface area contributed by atoms with Gasteiger partial charge in [0.1, 0.15) is 16.9 Å². The van der Waals surface area contributed by atoms with Gasteiger partial charge in [-0.3, -0.25) is 9.78 Å².